The molecule has 0 aromatic heterocycles. The third kappa shape index (κ3) is 5.29. The van der Waals surface area contributed by atoms with Gasteiger partial charge in [0.1, 0.15) is 0 Å². The molecule has 0 aliphatic heterocycles. The summed E-state index contributed by atoms with van der Waals surface area (Å²) in [4.78, 5) is 0.156. The number of sulfonamides is 1. The van der Waals surface area contributed by atoms with Crippen molar-refractivity contribution in [2.24, 2.45) is 5.14 Å². The molecule has 0 aliphatic rings. The molecule has 0 spiro atoms. The van der Waals surface area contributed by atoms with Crippen LogP contribution in [0.1, 0.15) is 5.56 Å². The van der Waals surface area contributed by atoms with Crippen LogP contribution < -0.4 is 5.14 Å². The monoisotopic (exact) mass is 249 g/mol. The predicted molar refractivity (Wildman–Crippen MR) is 69.0 cm³/mol. The molecule has 3 nitrogen and oxygen atoms in total. The Morgan fingerprint density at radius 1 is 0.824 bits per heavy atom. The van der Waals surface area contributed by atoms with E-state index in [1.165, 1.54) is 12.1 Å². The van der Waals surface area contributed by atoms with Gasteiger partial charge in [-0.1, -0.05) is 54.1 Å². The van der Waals surface area contributed by atoms with Crippen molar-refractivity contribution in [3.63, 3.8) is 0 Å². The normalized spacial score (nSPS) is 10.2. The average Bonchev–Trinajstić information content (AvgIpc) is 2.31. The topological polar surface area (TPSA) is 60.2 Å². The maximum absolute atomic E-state index is 10.7. The van der Waals surface area contributed by atoms with Crippen LogP contribution in [0.25, 0.3) is 0 Å². The highest BCUT2D eigenvalue weighted by atomic mass is 32.2. The zero-order chi connectivity index (χ0) is 12.7. The summed E-state index contributed by atoms with van der Waals surface area (Å²) in [5, 5.41) is 4.88. The summed E-state index contributed by atoms with van der Waals surface area (Å²) in [7, 11) is -3.52. The van der Waals surface area contributed by atoms with Crippen molar-refractivity contribution in [3.05, 3.63) is 66.2 Å². The third-order valence-electron chi connectivity index (χ3n) is 2.02. The molecule has 2 aromatic rings. The maximum atomic E-state index is 10.7. The van der Waals surface area contributed by atoms with Crippen molar-refractivity contribution in [1.82, 2.24) is 0 Å². The maximum Gasteiger partial charge on any atom is 0.238 e. The van der Waals surface area contributed by atoms with Gasteiger partial charge in [-0.05, 0) is 19.1 Å². The Balaban J connectivity index is 0.000000202. The molecule has 0 bridgehead atoms. The summed E-state index contributed by atoms with van der Waals surface area (Å²) in [6.45, 7) is 1.88. The highest BCUT2D eigenvalue weighted by Gasteiger charge is 2.04. The fourth-order valence-corrected chi connectivity index (χ4v) is 1.63. The van der Waals surface area contributed by atoms with Gasteiger partial charge in [-0.25, -0.2) is 13.6 Å². The molecule has 4 heteroatoms. The number of primary sulfonamides is 1. The molecule has 17 heavy (non-hydrogen) atoms. The highest BCUT2D eigenvalue weighted by molar-refractivity contribution is 7.89. The van der Waals surface area contributed by atoms with Crippen LogP contribution in [0.4, 0.5) is 0 Å². The van der Waals surface area contributed by atoms with E-state index < -0.39 is 10.0 Å². The summed E-state index contributed by atoms with van der Waals surface area (Å²) < 4.78 is 21.4. The Morgan fingerprint density at radius 2 is 1.18 bits per heavy atom. The molecular formula is C13H15NO2S. The van der Waals surface area contributed by atoms with Crippen LogP contribution in [0.15, 0.2) is 65.6 Å². The van der Waals surface area contributed by atoms with Gasteiger partial charge in [-0.2, -0.15) is 0 Å². The SMILES string of the molecule is Cc1ccc(S(N)(=O)=O)cc1.c1ccccc1. The molecular weight excluding hydrogens is 234 g/mol. The fraction of sp³-hybridized carbons (Fsp3) is 0.0769. The molecule has 0 heterocycles. The van der Waals surface area contributed by atoms with Crippen LogP contribution in [-0.4, -0.2) is 8.42 Å². The van der Waals surface area contributed by atoms with Crippen LogP contribution in [0.5, 0.6) is 0 Å². The first-order valence-corrected chi connectivity index (χ1v) is 6.64. The lowest BCUT2D eigenvalue weighted by atomic mass is 10.2. The minimum Gasteiger partial charge on any atom is -0.225 e. The van der Waals surface area contributed by atoms with Gasteiger partial charge < -0.3 is 0 Å². The first-order chi connectivity index (χ1) is 8.00. The van der Waals surface area contributed by atoms with Crippen molar-refractivity contribution in [1.29, 1.82) is 0 Å². The largest absolute Gasteiger partial charge is 0.238 e. The van der Waals surface area contributed by atoms with E-state index in [0.717, 1.165) is 5.56 Å². The van der Waals surface area contributed by atoms with Gasteiger partial charge >= 0.3 is 0 Å². The zero-order valence-corrected chi connectivity index (χ0v) is 10.4. The first kappa shape index (κ1) is 13.4. The number of aryl methyl sites for hydroxylation is 1. The lowest BCUT2D eigenvalue weighted by molar-refractivity contribution is 0.598. The summed E-state index contributed by atoms with van der Waals surface area (Å²) in [5.41, 5.74) is 1.01. The van der Waals surface area contributed by atoms with Gasteiger partial charge in [-0.3, -0.25) is 0 Å². The highest BCUT2D eigenvalue weighted by Crippen LogP contribution is 2.06. The molecule has 90 valence electrons. The van der Waals surface area contributed by atoms with Crippen molar-refractivity contribution < 1.29 is 8.42 Å². The van der Waals surface area contributed by atoms with E-state index in [9.17, 15) is 8.42 Å². The summed E-state index contributed by atoms with van der Waals surface area (Å²) >= 11 is 0. The second kappa shape index (κ2) is 6.18. The molecule has 0 atom stereocenters. The van der Waals surface area contributed by atoms with E-state index in [1.807, 2.05) is 43.3 Å². The van der Waals surface area contributed by atoms with Gasteiger partial charge in [0.15, 0.2) is 0 Å². The molecule has 0 unspecified atom stereocenters. The van der Waals surface area contributed by atoms with Crippen molar-refractivity contribution in [2.75, 3.05) is 0 Å². The molecule has 2 aromatic carbocycles. The summed E-state index contributed by atoms with van der Waals surface area (Å²) in [5.74, 6) is 0. The molecule has 0 saturated carbocycles. The standard InChI is InChI=1S/C7H9NO2S.C6H6/c1-6-2-4-7(5-3-6)11(8,9)10;1-2-4-6-5-3-1/h2-5H,1H3,(H2,8,9,10);1-6H. The van der Waals surface area contributed by atoms with E-state index in [1.54, 1.807) is 12.1 Å². The Hall–Kier alpha value is -1.65. The fourth-order valence-electron chi connectivity index (χ4n) is 1.11. The molecule has 0 radical (unpaired) electrons. The molecule has 0 aliphatic carbocycles. The lowest BCUT2D eigenvalue weighted by Gasteiger charge is -1.96. The second-order valence-electron chi connectivity index (χ2n) is 3.51. The minimum atomic E-state index is -3.52. The molecule has 2 N–H and O–H groups in total. The summed E-state index contributed by atoms with van der Waals surface area (Å²) in [6.07, 6.45) is 0. The van der Waals surface area contributed by atoms with Gasteiger partial charge in [0.2, 0.25) is 10.0 Å². The van der Waals surface area contributed by atoms with Crippen molar-refractivity contribution in [2.45, 2.75) is 11.8 Å². The van der Waals surface area contributed by atoms with Crippen LogP contribution in [-0.2, 0) is 10.0 Å². The van der Waals surface area contributed by atoms with E-state index in [2.05, 4.69) is 0 Å². The van der Waals surface area contributed by atoms with Gasteiger partial charge in [0.25, 0.3) is 0 Å². The van der Waals surface area contributed by atoms with Gasteiger partial charge in [0, 0.05) is 0 Å². The number of hydrogen-bond acceptors (Lipinski definition) is 2. The van der Waals surface area contributed by atoms with Gasteiger partial charge in [-0.15, -0.1) is 0 Å². The van der Waals surface area contributed by atoms with Crippen LogP contribution >= 0.6 is 0 Å². The Kier molecular flexibility index (Phi) is 4.87. The average molecular weight is 249 g/mol. The summed E-state index contributed by atoms with van der Waals surface area (Å²) in [6, 6.07) is 18.4. The van der Waals surface area contributed by atoms with Crippen molar-refractivity contribution in [3.8, 4) is 0 Å². The molecule has 2 rings (SSSR count). The smallest absolute Gasteiger partial charge is 0.225 e. The number of hydrogen-bond donors (Lipinski definition) is 1. The third-order valence-corrected chi connectivity index (χ3v) is 2.95. The Labute approximate surface area is 102 Å². The Bertz CT molecular complexity index is 507. The second-order valence-corrected chi connectivity index (χ2v) is 5.07. The lowest BCUT2D eigenvalue weighted by Crippen LogP contribution is -2.11. The molecule has 0 saturated heterocycles. The zero-order valence-electron chi connectivity index (χ0n) is 9.58. The quantitative estimate of drug-likeness (QED) is 0.843. The van der Waals surface area contributed by atoms with Gasteiger partial charge in [0.05, 0.1) is 4.90 Å². The van der Waals surface area contributed by atoms with E-state index >= 15 is 0 Å². The number of benzene rings is 2. The Morgan fingerprint density at radius 3 is 1.47 bits per heavy atom. The van der Waals surface area contributed by atoms with Crippen LogP contribution in [0, 0.1) is 6.92 Å². The number of nitrogens with two attached hydrogens (primary N) is 1. The van der Waals surface area contributed by atoms with E-state index in [4.69, 9.17) is 5.14 Å². The predicted octanol–water partition coefficient (Wildman–Crippen LogP) is 2.33. The van der Waals surface area contributed by atoms with Crippen molar-refractivity contribution >= 4 is 10.0 Å². The first-order valence-electron chi connectivity index (χ1n) is 5.09. The van der Waals surface area contributed by atoms with E-state index in [0.29, 0.717) is 0 Å². The minimum absolute atomic E-state index is 0.156. The van der Waals surface area contributed by atoms with Crippen LogP contribution in [0.3, 0.4) is 0 Å². The molecule has 0 amide bonds. The number of rotatable bonds is 1. The molecule has 0 fully saturated rings. The van der Waals surface area contributed by atoms with E-state index in [-0.39, 0.29) is 4.90 Å². The van der Waals surface area contributed by atoms with Crippen LogP contribution in [0.2, 0.25) is 0 Å².